The molecular weight excluding hydrogens is 341 g/mol. The molecule has 0 saturated heterocycles. The smallest absolute Gasteiger partial charge is 0.313 e. The van der Waals surface area contributed by atoms with Gasteiger partial charge in [-0.1, -0.05) is 12.1 Å². The zero-order valence-electron chi connectivity index (χ0n) is 11.2. The molecule has 0 aliphatic rings. The van der Waals surface area contributed by atoms with Crippen molar-refractivity contribution in [2.45, 2.75) is 12.3 Å². The summed E-state index contributed by atoms with van der Waals surface area (Å²) >= 11 is 3.10. The Morgan fingerprint density at radius 2 is 2.10 bits per heavy atom. The molecule has 1 heterocycles. The van der Waals surface area contributed by atoms with E-state index in [1.165, 1.54) is 12.3 Å². The van der Waals surface area contributed by atoms with Crippen LogP contribution in [0.3, 0.4) is 0 Å². The lowest BCUT2D eigenvalue weighted by molar-refractivity contribution is -0.138. The molecule has 1 unspecified atom stereocenters. The van der Waals surface area contributed by atoms with Crippen molar-refractivity contribution in [3.8, 4) is 5.75 Å². The summed E-state index contributed by atoms with van der Waals surface area (Å²) in [6.45, 7) is 0. The van der Waals surface area contributed by atoms with Crippen LogP contribution in [0.15, 0.2) is 41.0 Å². The molecule has 0 bridgehead atoms. The second-order valence-electron chi connectivity index (χ2n) is 4.46. The molecule has 1 aromatic heterocycles. The van der Waals surface area contributed by atoms with Crippen LogP contribution in [0.2, 0.25) is 0 Å². The Morgan fingerprint density at radius 3 is 2.62 bits per heavy atom. The third kappa shape index (κ3) is 3.78. The zero-order chi connectivity index (χ0) is 15.4. The van der Waals surface area contributed by atoms with Crippen molar-refractivity contribution < 1.29 is 19.0 Å². The molecule has 0 fully saturated rings. The number of pyridine rings is 1. The fraction of sp³-hybridized carbons (Fsp3) is 0.200. The number of hydrogen-bond donors (Lipinski definition) is 1. The van der Waals surface area contributed by atoms with Crippen molar-refractivity contribution in [2.75, 3.05) is 7.11 Å². The van der Waals surface area contributed by atoms with Gasteiger partial charge in [0.25, 0.3) is 0 Å². The molecule has 2 aromatic rings. The van der Waals surface area contributed by atoms with E-state index in [1.807, 2.05) is 0 Å². The van der Waals surface area contributed by atoms with Gasteiger partial charge in [-0.05, 0) is 46.1 Å². The number of carboxylic acid groups (broad SMARTS) is 1. The number of ether oxygens (including phenoxy) is 1. The van der Waals surface area contributed by atoms with Crippen molar-refractivity contribution in [3.05, 3.63) is 58.1 Å². The van der Waals surface area contributed by atoms with Crippen LogP contribution >= 0.6 is 15.9 Å². The first-order chi connectivity index (χ1) is 10.0. The summed E-state index contributed by atoms with van der Waals surface area (Å²) in [5.74, 6) is -2.10. The molecule has 0 radical (unpaired) electrons. The van der Waals surface area contributed by atoms with E-state index in [0.29, 0.717) is 10.2 Å². The van der Waals surface area contributed by atoms with Gasteiger partial charge in [-0.3, -0.25) is 9.78 Å². The highest BCUT2D eigenvalue weighted by molar-refractivity contribution is 9.10. The molecule has 2 rings (SSSR count). The summed E-state index contributed by atoms with van der Waals surface area (Å²) in [4.78, 5) is 15.3. The van der Waals surface area contributed by atoms with Gasteiger partial charge < -0.3 is 9.84 Å². The van der Waals surface area contributed by atoms with Crippen molar-refractivity contribution in [1.82, 2.24) is 4.98 Å². The van der Waals surface area contributed by atoms with Gasteiger partial charge in [-0.15, -0.1) is 0 Å². The van der Waals surface area contributed by atoms with Crippen LogP contribution in [0.4, 0.5) is 4.39 Å². The number of halogens is 2. The summed E-state index contributed by atoms with van der Waals surface area (Å²) in [5.41, 5.74) is 0.703. The third-order valence-corrected chi connectivity index (χ3v) is 3.50. The van der Waals surface area contributed by atoms with E-state index >= 15 is 0 Å². The summed E-state index contributed by atoms with van der Waals surface area (Å²) in [5, 5.41) is 9.34. The highest BCUT2D eigenvalue weighted by Gasteiger charge is 2.25. The second-order valence-corrected chi connectivity index (χ2v) is 5.38. The molecule has 4 nitrogen and oxygen atoms in total. The Balaban J connectivity index is 2.28. The highest BCUT2D eigenvalue weighted by atomic mass is 79.9. The lowest BCUT2D eigenvalue weighted by atomic mass is 9.95. The van der Waals surface area contributed by atoms with Crippen molar-refractivity contribution in [1.29, 1.82) is 0 Å². The number of carboxylic acids is 1. The van der Waals surface area contributed by atoms with E-state index < -0.39 is 17.7 Å². The van der Waals surface area contributed by atoms with Crippen LogP contribution in [0, 0.1) is 5.82 Å². The van der Waals surface area contributed by atoms with E-state index in [1.54, 1.807) is 31.4 Å². The van der Waals surface area contributed by atoms with Gasteiger partial charge in [-0.2, -0.15) is 0 Å². The topological polar surface area (TPSA) is 59.4 Å². The number of benzene rings is 1. The van der Waals surface area contributed by atoms with Crippen molar-refractivity contribution in [3.63, 3.8) is 0 Å². The van der Waals surface area contributed by atoms with Crippen LogP contribution in [0.5, 0.6) is 5.75 Å². The Kier molecular flexibility index (Phi) is 4.90. The normalized spacial score (nSPS) is 12.0. The van der Waals surface area contributed by atoms with E-state index in [0.717, 1.165) is 5.56 Å². The SMILES string of the molecule is COc1ccc(CC(C(=O)O)c2ncc(Br)cc2F)cc1. The Morgan fingerprint density at radius 1 is 1.43 bits per heavy atom. The zero-order valence-corrected chi connectivity index (χ0v) is 12.8. The van der Waals surface area contributed by atoms with Crippen LogP contribution in [0.1, 0.15) is 17.2 Å². The monoisotopic (exact) mass is 353 g/mol. The van der Waals surface area contributed by atoms with E-state index in [2.05, 4.69) is 20.9 Å². The molecular formula is C15H13BrFNO3. The molecule has 1 N–H and O–H groups in total. The molecule has 0 aliphatic heterocycles. The third-order valence-electron chi connectivity index (χ3n) is 3.06. The summed E-state index contributed by atoms with van der Waals surface area (Å²) in [7, 11) is 1.55. The Hall–Kier alpha value is -1.95. The number of aliphatic carboxylic acids is 1. The molecule has 0 amide bonds. The van der Waals surface area contributed by atoms with Crippen molar-refractivity contribution >= 4 is 21.9 Å². The van der Waals surface area contributed by atoms with Gasteiger partial charge in [0.2, 0.25) is 0 Å². The number of carbonyl (C=O) groups is 1. The average Bonchev–Trinajstić information content (AvgIpc) is 2.46. The second kappa shape index (κ2) is 6.67. The average molecular weight is 354 g/mol. The fourth-order valence-electron chi connectivity index (χ4n) is 1.98. The number of rotatable bonds is 5. The summed E-state index contributed by atoms with van der Waals surface area (Å²) in [6, 6.07) is 8.20. The van der Waals surface area contributed by atoms with E-state index in [-0.39, 0.29) is 12.1 Å². The standard InChI is InChI=1S/C15H13BrFNO3/c1-21-11-4-2-9(3-5-11)6-12(15(19)20)14-13(17)7-10(16)8-18-14/h2-5,7-8,12H,6H2,1H3,(H,19,20). The first-order valence-corrected chi connectivity index (χ1v) is 6.97. The largest absolute Gasteiger partial charge is 0.497 e. The minimum atomic E-state index is -1.11. The molecule has 0 saturated carbocycles. The fourth-order valence-corrected chi connectivity index (χ4v) is 2.28. The number of methoxy groups -OCH3 is 1. The van der Waals surface area contributed by atoms with Gasteiger partial charge >= 0.3 is 5.97 Å². The van der Waals surface area contributed by atoms with Gasteiger partial charge in [0, 0.05) is 10.7 Å². The van der Waals surface area contributed by atoms with E-state index in [9.17, 15) is 14.3 Å². The predicted molar refractivity (Wildman–Crippen MR) is 79.0 cm³/mol. The maximum absolute atomic E-state index is 13.9. The molecule has 1 atom stereocenters. The first-order valence-electron chi connectivity index (χ1n) is 6.18. The van der Waals surface area contributed by atoms with Crippen molar-refractivity contribution in [2.24, 2.45) is 0 Å². The first kappa shape index (κ1) is 15.4. The summed E-state index contributed by atoms with van der Waals surface area (Å²) in [6.07, 6.45) is 1.55. The van der Waals surface area contributed by atoms with Gasteiger partial charge in [0.15, 0.2) is 0 Å². The molecule has 21 heavy (non-hydrogen) atoms. The molecule has 6 heteroatoms. The molecule has 1 aromatic carbocycles. The number of nitrogens with zero attached hydrogens (tertiary/aromatic N) is 1. The Labute approximate surface area is 129 Å². The molecule has 110 valence electrons. The number of aromatic nitrogens is 1. The predicted octanol–water partition coefficient (Wildman–Crippen LogP) is 3.40. The van der Waals surface area contributed by atoms with Crippen LogP contribution < -0.4 is 4.74 Å². The lowest BCUT2D eigenvalue weighted by Crippen LogP contribution is -2.17. The maximum Gasteiger partial charge on any atom is 0.313 e. The molecule has 0 aliphatic carbocycles. The minimum absolute atomic E-state index is 0.0680. The highest BCUT2D eigenvalue weighted by Crippen LogP contribution is 2.25. The van der Waals surface area contributed by atoms with Gasteiger partial charge in [-0.25, -0.2) is 4.39 Å². The van der Waals surface area contributed by atoms with Crippen LogP contribution in [-0.4, -0.2) is 23.2 Å². The van der Waals surface area contributed by atoms with Crippen LogP contribution in [0.25, 0.3) is 0 Å². The number of hydrogen-bond acceptors (Lipinski definition) is 3. The lowest BCUT2D eigenvalue weighted by Gasteiger charge is -2.13. The minimum Gasteiger partial charge on any atom is -0.497 e. The Bertz CT molecular complexity index is 646. The van der Waals surface area contributed by atoms with Gasteiger partial charge in [0.05, 0.1) is 12.8 Å². The van der Waals surface area contributed by atoms with E-state index in [4.69, 9.17) is 4.74 Å². The maximum atomic E-state index is 13.9. The van der Waals surface area contributed by atoms with Gasteiger partial charge in [0.1, 0.15) is 17.5 Å². The molecule has 0 spiro atoms. The summed E-state index contributed by atoms with van der Waals surface area (Å²) < 4.78 is 19.4. The quantitative estimate of drug-likeness (QED) is 0.894. The van der Waals surface area contributed by atoms with Crippen LogP contribution in [-0.2, 0) is 11.2 Å².